The van der Waals surface area contributed by atoms with Gasteiger partial charge in [0, 0.05) is 26.2 Å². The Kier molecular flexibility index (Phi) is 4.42. The second-order valence-corrected chi connectivity index (χ2v) is 5.64. The quantitative estimate of drug-likeness (QED) is 0.834. The van der Waals surface area contributed by atoms with Crippen molar-refractivity contribution in [3.63, 3.8) is 0 Å². The number of hydrogen-bond donors (Lipinski definition) is 0. The Labute approximate surface area is 116 Å². The molecule has 0 N–H and O–H groups in total. The van der Waals surface area contributed by atoms with Crippen LogP contribution < -0.4 is 0 Å². The van der Waals surface area contributed by atoms with Crippen LogP contribution in [0.5, 0.6) is 0 Å². The lowest BCUT2D eigenvalue weighted by Gasteiger charge is -2.34. The summed E-state index contributed by atoms with van der Waals surface area (Å²) in [5.41, 5.74) is 0. The molecular weight excluding hydrogens is 264 g/mol. The van der Waals surface area contributed by atoms with Crippen molar-refractivity contribution in [1.29, 1.82) is 0 Å². The molecule has 19 heavy (non-hydrogen) atoms. The molecule has 0 saturated carbocycles. The largest absolute Gasteiger partial charge is 0.447 e. The number of rotatable bonds is 2. The first-order valence-corrected chi connectivity index (χ1v) is 7.24. The summed E-state index contributed by atoms with van der Waals surface area (Å²) in [6.07, 6.45) is -0.406. The second kappa shape index (κ2) is 6.06. The third-order valence-electron chi connectivity index (χ3n) is 2.89. The summed E-state index contributed by atoms with van der Waals surface area (Å²) in [6.45, 7) is 5.84. The van der Waals surface area contributed by atoms with Crippen LogP contribution in [0.3, 0.4) is 0 Å². The van der Waals surface area contributed by atoms with Crippen molar-refractivity contribution in [2.24, 2.45) is 0 Å². The van der Waals surface area contributed by atoms with Crippen LogP contribution >= 0.6 is 11.3 Å². The van der Waals surface area contributed by atoms with E-state index in [4.69, 9.17) is 4.74 Å². The van der Waals surface area contributed by atoms with Gasteiger partial charge in [0.15, 0.2) is 0 Å². The average molecular weight is 282 g/mol. The highest BCUT2D eigenvalue weighted by molar-refractivity contribution is 7.12. The summed E-state index contributed by atoms with van der Waals surface area (Å²) in [7, 11) is 0. The molecule has 1 aromatic rings. The molecule has 1 aliphatic heterocycles. The molecule has 2 amide bonds. The van der Waals surface area contributed by atoms with Gasteiger partial charge in [0.2, 0.25) is 0 Å². The van der Waals surface area contributed by atoms with Crippen molar-refractivity contribution in [2.45, 2.75) is 20.0 Å². The maximum atomic E-state index is 12.1. The number of amides is 2. The van der Waals surface area contributed by atoms with Crippen LogP contribution in [0.2, 0.25) is 0 Å². The first-order valence-electron chi connectivity index (χ1n) is 6.36. The number of carbonyl (C=O) groups excluding carboxylic acids is 2. The van der Waals surface area contributed by atoms with Crippen molar-refractivity contribution in [1.82, 2.24) is 9.80 Å². The van der Waals surface area contributed by atoms with E-state index in [9.17, 15) is 9.59 Å². The van der Waals surface area contributed by atoms with E-state index in [2.05, 4.69) is 0 Å². The minimum atomic E-state index is -0.293. The molecule has 2 rings (SSSR count). The molecule has 0 radical (unpaired) electrons. The predicted octanol–water partition coefficient (Wildman–Crippen LogP) is 2.05. The van der Waals surface area contributed by atoms with E-state index in [1.54, 1.807) is 9.80 Å². The van der Waals surface area contributed by atoms with Crippen molar-refractivity contribution in [3.05, 3.63) is 22.4 Å². The monoisotopic (exact) mass is 282 g/mol. The second-order valence-electron chi connectivity index (χ2n) is 4.69. The Morgan fingerprint density at radius 3 is 2.37 bits per heavy atom. The number of carbonyl (C=O) groups is 2. The van der Waals surface area contributed by atoms with E-state index in [1.807, 2.05) is 31.4 Å². The smallest absolute Gasteiger partial charge is 0.410 e. The standard InChI is InChI=1S/C13H18N2O3S/c1-10(2)18-13(17)15-7-5-14(6-8-15)12(16)11-4-3-9-19-11/h3-4,9-10H,5-8H2,1-2H3. The van der Waals surface area contributed by atoms with Gasteiger partial charge in [-0.3, -0.25) is 4.79 Å². The summed E-state index contributed by atoms with van der Waals surface area (Å²) in [6, 6.07) is 3.69. The van der Waals surface area contributed by atoms with Gasteiger partial charge in [0.1, 0.15) is 0 Å². The number of thiophene rings is 1. The Hall–Kier alpha value is -1.56. The summed E-state index contributed by atoms with van der Waals surface area (Å²) in [5.74, 6) is 0.0480. The van der Waals surface area contributed by atoms with E-state index in [1.165, 1.54) is 11.3 Å². The summed E-state index contributed by atoms with van der Waals surface area (Å²) >= 11 is 1.44. The Morgan fingerprint density at radius 2 is 1.84 bits per heavy atom. The van der Waals surface area contributed by atoms with Gasteiger partial charge in [-0.1, -0.05) is 6.07 Å². The molecule has 5 nitrogen and oxygen atoms in total. The number of piperazine rings is 1. The fourth-order valence-electron chi connectivity index (χ4n) is 1.92. The third-order valence-corrected chi connectivity index (χ3v) is 3.75. The first kappa shape index (κ1) is 13.9. The van der Waals surface area contributed by atoms with Gasteiger partial charge in [-0.05, 0) is 25.3 Å². The van der Waals surface area contributed by atoms with Gasteiger partial charge in [-0.15, -0.1) is 11.3 Å². The average Bonchev–Trinajstić information content (AvgIpc) is 2.91. The maximum Gasteiger partial charge on any atom is 0.410 e. The molecule has 0 aromatic carbocycles. The minimum absolute atomic E-state index is 0.0480. The number of ether oxygens (including phenoxy) is 1. The van der Waals surface area contributed by atoms with E-state index >= 15 is 0 Å². The molecule has 6 heteroatoms. The molecule has 2 heterocycles. The van der Waals surface area contributed by atoms with Crippen molar-refractivity contribution >= 4 is 23.3 Å². The van der Waals surface area contributed by atoms with E-state index in [0.717, 1.165) is 4.88 Å². The lowest BCUT2D eigenvalue weighted by atomic mass is 10.3. The molecule has 0 unspecified atom stereocenters. The van der Waals surface area contributed by atoms with E-state index in [0.29, 0.717) is 26.2 Å². The predicted molar refractivity (Wildman–Crippen MR) is 73.4 cm³/mol. The minimum Gasteiger partial charge on any atom is -0.447 e. The number of nitrogens with zero attached hydrogens (tertiary/aromatic N) is 2. The first-order chi connectivity index (χ1) is 9.08. The molecule has 1 fully saturated rings. The summed E-state index contributed by atoms with van der Waals surface area (Å²) in [5, 5.41) is 1.89. The molecule has 104 valence electrons. The molecule has 1 aliphatic rings. The molecule has 0 bridgehead atoms. The Bertz CT molecular complexity index is 437. The zero-order valence-electron chi connectivity index (χ0n) is 11.2. The van der Waals surface area contributed by atoms with Crippen LogP contribution in [0.4, 0.5) is 4.79 Å². The van der Waals surface area contributed by atoms with Crippen LogP contribution in [0.1, 0.15) is 23.5 Å². The maximum absolute atomic E-state index is 12.1. The molecule has 0 atom stereocenters. The Balaban J connectivity index is 1.86. The fourth-order valence-corrected chi connectivity index (χ4v) is 2.62. The lowest BCUT2D eigenvalue weighted by Crippen LogP contribution is -2.50. The summed E-state index contributed by atoms with van der Waals surface area (Å²) in [4.78, 5) is 28.0. The SMILES string of the molecule is CC(C)OC(=O)N1CCN(C(=O)c2cccs2)CC1. The zero-order valence-corrected chi connectivity index (χ0v) is 12.0. The summed E-state index contributed by atoms with van der Waals surface area (Å²) < 4.78 is 5.14. The van der Waals surface area contributed by atoms with Crippen LogP contribution in [0.15, 0.2) is 17.5 Å². The highest BCUT2D eigenvalue weighted by Crippen LogP contribution is 2.14. The third kappa shape index (κ3) is 3.47. The molecule has 0 spiro atoms. The highest BCUT2D eigenvalue weighted by atomic mass is 32.1. The van der Waals surface area contributed by atoms with Crippen molar-refractivity contribution < 1.29 is 14.3 Å². The molecular formula is C13H18N2O3S. The topological polar surface area (TPSA) is 49.9 Å². The van der Waals surface area contributed by atoms with Crippen LogP contribution in [-0.2, 0) is 4.74 Å². The fraction of sp³-hybridized carbons (Fsp3) is 0.538. The van der Waals surface area contributed by atoms with E-state index in [-0.39, 0.29) is 18.1 Å². The van der Waals surface area contributed by atoms with E-state index < -0.39 is 0 Å². The van der Waals surface area contributed by atoms with Gasteiger partial charge in [-0.25, -0.2) is 4.79 Å². The normalized spacial score (nSPS) is 15.7. The van der Waals surface area contributed by atoms with Crippen LogP contribution in [0.25, 0.3) is 0 Å². The molecule has 1 aromatic heterocycles. The van der Waals surface area contributed by atoms with Gasteiger partial charge in [0.25, 0.3) is 5.91 Å². The van der Waals surface area contributed by atoms with Gasteiger partial charge >= 0.3 is 6.09 Å². The van der Waals surface area contributed by atoms with Gasteiger partial charge in [0.05, 0.1) is 11.0 Å². The van der Waals surface area contributed by atoms with Crippen molar-refractivity contribution in [3.8, 4) is 0 Å². The zero-order chi connectivity index (χ0) is 13.8. The lowest BCUT2D eigenvalue weighted by molar-refractivity contribution is 0.0478. The highest BCUT2D eigenvalue weighted by Gasteiger charge is 2.26. The molecule has 1 saturated heterocycles. The van der Waals surface area contributed by atoms with Crippen molar-refractivity contribution in [2.75, 3.05) is 26.2 Å². The molecule has 0 aliphatic carbocycles. The Morgan fingerprint density at radius 1 is 1.21 bits per heavy atom. The van der Waals surface area contributed by atoms with Gasteiger partial charge in [-0.2, -0.15) is 0 Å². The van der Waals surface area contributed by atoms with Crippen LogP contribution in [0, 0.1) is 0 Å². The van der Waals surface area contributed by atoms with Gasteiger partial charge < -0.3 is 14.5 Å². The van der Waals surface area contributed by atoms with Crippen LogP contribution in [-0.4, -0.2) is 54.1 Å². The number of hydrogen-bond acceptors (Lipinski definition) is 4.